The molecule has 32 heavy (non-hydrogen) atoms. The molecule has 0 saturated carbocycles. The van der Waals surface area contributed by atoms with Crippen molar-refractivity contribution in [2.24, 2.45) is 7.05 Å². The Hall–Kier alpha value is -3.43. The molecule has 0 radical (unpaired) electrons. The SMILES string of the molecule is Cc1ccc2c(oc3c(-c4cccc5c4CCN(C)C5)cccc32)c1-c1cccc[n+]1C. The lowest BCUT2D eigenvalue weighted by Gasteiger charge is -2.26. The van der Waals surface area contributed by atoms with Crippen LogP contribution < -0.4 is 4.57 Å². The number of furan rings is 1. The smallest absolute Gasteiger partial charge is 0.216 e. The van der Waals surface area contributed by atoms with Crippen molar-refractivity contribution in [1.29, 1.82) is 0 Å². The van der Waals surface area contributed by atoms with E-state index in [9.17, 15) is 0 Å². The molecule has 6 rings (SSSR count). The lowest BCUT2D eigenvalue weighted by Crippen LogP contribution is -2.30. The summed E-state index contributed by atoms with van der Waals surface area (Å²) < 4.78 is 8.91. The first-order valence-electron chi connectivity index (χ1n) is 11.3. The quantitative estimate of drug-likeness (QED) is 0.325. The Bertz CT molecular complexity index is 1490. The lowest BCUT2D eigenvalue weighted by molar-refractivity contribution is -0.660. The highest BCUT2D eigenvalue weighted by Gasteiger charge is 2.23. The van der Waals surface area contributed by atoms with Crippen LogP contribution in [0.5, 0.6) is 0 Å². The third-order valence-corrected chi connectivity index (χ3v) is 6.93. The number of rotatable bonds is 2. The summed E-state index contributed by atoms with van der Waals surface area (Å²) in [5.41, 5.74) is 10.9. The van der Waals surface area contributed by atoms with Crippen molar-refractivity contribution >= 4 is 21.9 Å². The van der Waals surface area contributed by atoms with Gasteiger partial charge in [0.15, 0.2) is 6.20 Å². The number of aromatic nitrogens is 1. The molecule has 0 bridgehead atoms. The Morgan fingerprint density at radius 1 is 0.844 bits per heavy atom. The van der Waals surface area contributed by atoms with Crippen LogP contribution in [0.4, 0.5) is 0 Å². The highest BCUT2D eigenvalue weighted by molar-refractivity contribution is 6.13. The zero-order valence-corrected chi connectivity index (χ0v) is 18.9. The molecule has 0 N–H and O–H groups in total. The summed E-state index contributed by atoms with van der Waals surface area (Å²) in [7, 11) is 4.29. The van der Waals surface area contributed by atoms with Gasteiger partial charge in [0, 0.05) is 41.6 Å². The molecule has 3 heterocycles. The third kappa shape index (κ3) is 2.89. The van der Waals surface area contributed by atoms with Crippen LogP contribution in [0.3, 0.4) is 0 Å². The number of para-hydroxylation sites is 1. The molecule has 3 aromatic carbocycles. The summed E-state index contributed by atoms with van der Waals surface area (Å²) in [6.45, 7) is 4.26. The minimum atomic E-state index is 0.971. The molecular weight excluding hydrogens is 392 g/mol. The van der Waals surface area contributed by atoms with Crippen molar-refractivity contribution in [2.75, 3.05) is 13.6 Å². The minimum Gasteiger partial charge on any atom is -0.454 e. The molecule has 0 atom stereocenters. The molecule has 1 aliphatic heterocycles. The maximum atomic E-state index is 6.75. The summed E-state index contributed by atoms with van der Waals surface area (Å²) >= 11 is 0. The standard InChI is InChI=1S/C29H27N2O/c1-19-13-14-25-24-11-7-10-23(22-9-6-8-20-18-30(2)17-15-21(20)22)28(24)32-29(25)27(19)26-12-4-5-16-31(26)3/h4-14,16H,15,17-18H2,1-3H3/q+1. The van der Waals surface area contributed by atoms with Gasteiger partial charge >= 0.3 is 0 Å². The molecule has 0 fully saturated rings. The summed E-state index contributed by atoms with van der Waals surface area (Å²) in [4.78, 5) is 2.39. The predicted molar refractivity (Wildman–Crippen MR) is 131 cm³/mol. The van der Waals surface area contributed by atoms with E-state index in [1.54, 1.807) is 0 Å². The largest absolute Gasteiger partial charge is 0.454 e. The Balaban J connectivity index is 1.65. The van der Waals surface area contributed by atoms with Crippen molar-refractivity contribution < 1.29 is 8.98 Å². The fourth-order valence-electron chi connectivity index (χ4n) is 5.28. The first kappa shape index (κ1) is 19.3. The first-order valence-corrected chi connectivity index (χ1v) is 11.3. The number of hydrogen-bond acceptors (Lipinski definition) is 2. The van der Waals surface area contributed by atoms with Crippen LogP contribution >= 0.6 is 0 Å². The van der Waals surface area contributed by atoms with E-state index in [-0.39, 0.29) is 0 Å². The Morgan fingerprint density at radius 3 is 2.53 bits per heavy atom. The predicted octanol–water partition coefficient (Wildman–Crippen LogP) is 6.04. The van der Waals surface area contributed by atoms with Crippen LogP contribution in [0.15, 0.2) is 77.3 Å². The summed E-state index contributed by atoms with van der Waals surface area (Å²) in [5, 5.41) is 2.36. The van der Waals surface area contributed by atoms with Crippen LogP contribution in [0.2, 0.25) is 0 Å². The van der Waals surface area contributed by atoms with Gasteiger partial charge in [-0.25, -0.2) is 4.57 Å². The second-order valence-electron chi connectivity index (χ2n) is 9.05. The minimum absolute atomic E-state index is 0.971. The number of pyridine rings is 1. The molecule has 3 heteroatoms. The van der Waals surface area contributed by atoms with Gasteiger partial charge in [0.05, 0.1) is 5.56 Å². The maximum Gasteiger partial charge on any atom is 0.216 e. The van der Waals surface area contributed by atoms with E-state index in [1.807, 2.05) is 0 Å². The Labute approximate surface area is 188 Å². The van der Waals surface area contributed by atoms with Crippen molar-refractivity contribution in [1.82, 2.24) is 4.90 Å². The van der Waals surface area contributed by atoms with Gasteiger partial charge in [0.1, 0.15) is 18.2 Å². The van der Waals surface area contributed by atoms with E-state index in [0.717, 1.165) is 36.4 Å². The lowest BCUT2D eigenvalue weighted by atomic mass is 9.90. The van der Waals surface area contributed by atoms with Crippen molar-refractivity contribution in [3.05, 3.63) is 89.6 Å². The zero-order chi connectivity index (χ0) is 21.8. The molecule has 2 aromatic heterocycles. The molecule has 3 nitrogen and oxygen atoms in total. The van der Waals surface area contributed by atoms with Crippen LogP contribution in [-0.4, -0.2) is 18.5 Å². The van der Waals surface area contributed by atoms with E-state index < -0.39 is 0 Å². The van der Waals surface area contributed by atoms with Gasteiger partial charge in [-0.15, -0.1) is 0 Å². The second kappa shape index (κ2) is 7.32. The summed E-state index contributed by atoms with van der Waals surface area (Å²) in [6.07, 6.45) is 3.16. The van der Waals surface area contributed by atoms with Gasteiger partial charge in [-0.2, -0.15) is 0 Å². The highest BCUT2D eigenvalue weighted by Crippen LogP contribution is 2.41. The maximum absolute atomic E-state index is 6.75. The molecule has 5 aromatic rings. The van der Waals surface area contributed by atoms with Gasteiger partial charge in [-0.1, -0.05) is 48.5 Å². The molecule has 0 amide bonds. The fourth-order valence-corrected chi connectivity index (χ4v) is 5.28. The van der Waals surface area contributed by atoms with Crippen molar-refractivity contribution in [3.8, 4) is 22.4 Å². The molecule has 1 aliphatic rings. The van der Waals surface area contributed by atoms with Crippen LogP contribution in [0, 0.1) is 6.92 Å². The number of nitrogens with zero attached hydrogens (tertiary/aromatic N) is 2. The average molecular weight is 420 g/mol. The average Bonchev–Trinajstić information content (AvgIpc) is 3.18. The topological polar surface area (TPSA) is 20.3 Å². The summed E-state index contributed by atoms with van der Waals surface area (Å²) in [5.74, 6) is 0. The Morgan fingerprint density at radius 2 is 1.66 bits per heavy atom. The monoisotopic (exact) mass is 419 g/mol. The van der Waals surface area contributed by atoms with Crippen LogP contribution in [0.25, 0.3) is 44.3 Å². The molecule has 0 unspecified atom stereocenters. The molecular formula is C29H27N2O+. The molecule has 0 saturated heterocycles. The molecule has 158 valence electrons. The van der Waals surface area contributed by atoms with Crippen LogP contribution in [0.1, 0.15) is 16.7 Å². The second-order valence-corrected chi connectivity index (χ2v) is 9.05. The number of benzene rings is 3. The fraction of sp³-hybridized carbons (Fsp3) is 0.207. The number of hydrogen-bond donors (Lipinski definition) is 0. The molecule has 0 aliphatic carbocycles. The van der Waals surface area contributed by atoms with Crippen molar-refractivity contribution in [2.45, 2.75) is 19.9 Å². The van der Waals surface area contributed by atoms with Gasteiger partial charge in [-0.05, 0) is 48.7 Å². The van der Waals surface area contributed by atoms with Gasteiger partial charge in [-0.3, -0.25) is 0 Å². The first-order chi connectivity index (χ1) is 15.6. The van der Waals surface area contributed by atoms with E-state index in [2.05, 4.69) is 103 Å². The zero-order valence-electron chi connectivity index (χ0n) is 18.9. The number of fused-ring (bicyclic) bond motifs is 4. The number of likely N-dealkylation sites (N-methyl/N-ethyl adjacent to an activating group) is 1. The van der Waals surface area contributed by atoms with E-state index in [4.69, 9.17) is 4.42 Å². The summed E-state index contributed by atoms with van der Waals surface area (Å²) in [6, 6.07) is 24.0. The number of aryl methyl sites for hydroxylation is 2. The highest BCUT2D eigenvalue weighted by atomic mass is 16.3. The van der Waals surface area contributed by atoms with Gasteiger partial charge < -0.3 is 9.32 Å². The third-order valence-electron chi connectivity index (χ3n) is 6.93. The van der Waals surface area contributed by atoms with Crippen LogP contribution in [-0.2, 0) is 20.0 Å². The van der Waals surface area contributed by atoms with E-state index in [0.29, 0.717) is 0 Å². The molecule has 0 spiro atoms. The van der Waals surface area contributed by atoms with E-state index in [1.165, 1.54) is 44.2 Å². The van der Waals surface area contributed by atoms with E-state index >= 15 is 0 Å². The Kier molecular flexibility index (Phi) is 4.41. The van der Waals surface area contributed by atoms with Gasteiger partial charge in [0.25, 0.3) is 0 Å². The van der Waals surface area contributed by atoms with Gasteiger partial charge in [0.2, 0.25) is 5.69 Å². The van der Waals surface area contributed by atoms with Crippen molar-refractivity contribution in [3.63, 3.8) is 0 Å². The normalized spacial score (nSPS) is 14.2.